The Bertz CT molecular complexity index is 1010. The van der Waals surface area contributed by atoms with E-state index < -0.39 is 0 Å². The molecule has 0 bridgehead atoms. The fraction of sp³-hybridized carbons (Fsp3) is 0.105. The third-order valence-corrected chi connectivity index (χ3v) is 4.67. The summed E-state index contributed by atoms with van der Waals surface area (Å²) in [4.78, 5) is 28.3. The summed E-state index contributed by atoms with van der Waals surface area (Å²) in [5.74, 6) is 0.260. The van der Waals surface area contributed by atoms with E-state index >= 15 is 0 Å². The van der Waals surface area contributed by atoms with Crippen LogP contribution in [-0.4, -0.2) is 23.4 Å². The van der Waals surface area contributed by atoms with Crippen LogP contribution < -0.4 is 15.4 Å². The highest BCUT2D eigenvalue weighted by Gasteiger charge is 2.17. The molecule has 6 nitrogen and oxygen atoms in total. The Labute approximate surface area is 153 Å². The molecular formula is C19H15N3O3S. The molecule has 4 rings (SSSR count). The maximum absolute atomic E-state index is 12.3. The van der Waals surface area contributed by atoms with E-state index in [-0.39, 0.29) is 18.4 Å². The number of nitrogens with one attached hydrogen (secondary N) is 2. The molecule has 3 aromatic rings. The third-order valence-electron chi connectivity index (χ3n) is 3.91. The van der Waals surface area contributed by atoms with Gasteiger partial charge in [0.1, 0.15) is 5.75 Å². The molecule has 26 heavy (non-hydrogen) atoms. The number of carbonyl (C=O) groups excluding carboxylic acids is 2. The van der Waals surface area contributed by atoms with Crippen molar-refractivity contribution in [2.24, 2.45) is 0 Å². The maximum atomic E-state index is 12.3. The van der Waals surface area contributed by atoms with E-state index in [2.05, 4.69) is 15.6 Å². The highest BCUT2D eigenvalue weighted by Crippen LogP contribution is 2.33. The summed E-state index contributed by atoms with van der Waals surface area (Å²) in [5, 5.41) is 7.98. The molecule has 130 valence electrons. The summed E-state index contributed by atoms with van der Waals surface area (Å²) in [6.45, 7) is 1.97. The quantitative estimate of drug-likeness (QED) is 0.742. The number of hydrogen-bond donors (Lipinski definition) is 2. The van der Waals surface area contributed by atoms with Crippen LogP contribution in [0.3, 0.4) is 0 Å². The van der Waals surface area contributed by atoms with Crippen LogP contribution in [0.5, 0.6) is 5.75 Å². The van der Waals surface area contributed by atoms with E-state index in [9.17, 15) is 9.59 Å². The zero-order valence-electron chi connectivity index (χ0n) is 13.9. The standard InChI is InChI=1S/C19H15N3O3S/c1-11-3-2-4-13(7-11)18(24)22-19-21-15(10-26-19)12-5-6-16-14(8-12)20-17(23)9-25-16/h2-8,10H,9H2,1H3,(H,20,23)(H,21,22,24). The minimum absolute atomic E-state index is 0.0260. The fourth-order valence-electron chi connectivity index (χ4n) is 2.66. The van der Waals surface area contributed by atoms with Gasteiger partial charge in [0.2, 0.25) is 0 Å². The van der Waals surface area contributed by atoms with Crippen LogP contribution in [0, 0.1) is 6.92 Å². The van der Waals surface area contributed by atoms with Crippen molar-refractivity contribution in [1.29, 1.82) is 0 Å². The first-order valence-electron chi connectivity index (χ1n) is 7.99. The number of amides is 2. The molecule has 7 heteroatoms. The lowest BCUT2D eigenvalue weighted by atomic mass is 10.1. The minimum atomic E-state index is -0.194. The van der Waals surface area contributed by atoms with Crippen LogP contribution >= 0.6 is 11.3 Å². The maximum Gasteiger partial charge on any atom is 0.262 e. The topological polar surface area (TPSA) is 80.3 Å². The van der Waals surface area contributed by atoms with Crippen molar-refractivity contribution in [2.45, 2.75) is 6.92 Å². The summed E-state index contributed by atoms with van der Waals surface area (Å²) in [5.41, 5.74) is 3.79. The number of rotatable bonds is 3. The third kappa shape index (κ3) is 3.29. The highest BCUT2D eigenvalue weighted by molar-refractivity contribution is 7.14. The number of carbonyl (C=O) groups is 2. The molecule has 0 atom stereocenters. The molecular weight excluding hydrogens is 350 g/mol. The van der Waals surface area contributed by atoms with Gasteiger partial charge in [-0.2, -0.15) is 0 Å². The second-order valence-electron chi connectivity index (χ2n) is 5.91. The molecule has 1 aliphatic rings. The number of fused-ring (bicyclic) bond motifs is 1. The summed E-state index contributed by atoms with van der Waals surface area (Å²) in [6.07, 6.45) is 0. The zero-order valence-corrected chi connectivity index (χ0v) is 14.7. The summed E-state index contributed by atoms with van der Waals surface area (Å²) in [6, 6.07) is 12.9. The van der Waals surface area contributed by atoms with Crippen molar-refractivity contribution in [1.82, 2.24) is 4.98 Å². The monoisotopic (exact) mass is 365 g/mol. The smallest absolute Gasteiger partial charge is 0.262 e. The van der Waals surface area contributed by atoms with E-state index in [0.717, 1.165) is 16.8 Å². The van der Waals surface area contributed by atoms with E-state index in [1.54, 1.807) is 12.1 Å². The average Bonchev–Trinajstić information content (AvgIpc) is 3.09. The van der Waals surface area contributed by atoms with Crippen molar-refractivity contribution in [3.63, 3.8) is 0 Å². The Kier molecular flexibility index (Phi) is 4.14. The van der Waals surface area contributed by atoms with Crippen molar-refractivity contribution in [2.75, 3.05) is 17.2 Å². The lowest BCUT2D eigenvalue weighted by molar-refractivity contribution is -0.118. The molecule has 2 aromatic carbocycles. The number of thiazole rings is 1. The molecule has 0 unspecified atom stereocenters. The van der Waals surface area contributed by atoms with Crippen molar-refractivity contribution in [3.05, 3.63) is 59.0 Å². The molecule has 0 saturated heterocycles. The predicted octanol–water partition coefficient (Wildman–Crippen LogP) is 3.70. The molecule has 0 aliphatic carbocycles. The predicted molar refractivity (Wildman–Crippen MR) is 101 cm³/mol. The summed E-state index contributed by atoms with van der Waals surface area (Å²) < 4.78 is 5.36. The van der Waals surface area contributed by atoms with Gasteiger partial charge in [-0.05, 0) is 37.3 Å². The summed E-state index contributed by atoms with van der Waals surface area (Å²) >= 11 is 1.35. The molecule has 2 amide bonds. The van der Waals surface area contributed by atoms with E-state index in [1.807, 2.05) is 42.6 Å². The van der Waals surface area contributed by atoms with E-state index in [1.165, 1.54) is 11.3 Å². The lowest BCUT2D eigenvalue weighted by Gasteiger charge is -2.18. The van der Waals surface area contributed by atoms with Crippen molar-refractivity contribution >= 4 is 34.0 Å². The Balaban J connectivity index is 1.54. The van der Waals surface area contributed by atoms with Crippen LogP contribution in [0.4, 0.5) is 10.8 Å². The second kappa shape index (κ2) is 6.61. The fourth-order valence-corrected chi connectivity index (χ4v) is 3.38. The van der Waals surface area contributed by atoms with Gasteiger partial charge >= 0.3 is 0 Å². The number of benzene rings is 2. The van der Waals surface area contributed by atoms with Crippen molar-refractivity contribution in [3.8, 4) is 17.0 Å². The SMILES string of the molecule is Cc1cccc(C(=O)Nc2nc(-c3ccc4c(c3)NC(=O)CO4)cs2)c1. The van der Waals surface area contributed by atoms with Crippen LogP contribution in [0.1, 0.15) is 15.9 Å². The second-order valence-corrected chi connectivity index (χ2v) is 6.77. The molecule has 0 saturated carbocycles. The van der Waals surface area contributed by atoms with Gasteiger partial charge in [-0.25, -0.2) is 4.98 Å². The minimum Gasteiger partial charge on any atom is -0.482 e. The largest absolute Gasteiger partial charge is 0.482 e. The molecule has 1 aliphatic heterocycles. The molecule has 2 heterocycles. The Hall–Kier alpha value is -3.19. The molecule has 0 radical (unpaired) electrons. The first-order valence-corrected chi connectivity index (χ1v) is 8.87. The first kappa shape index (κ1) is 16.3. The van der Waals surface area contributed by atoms with Gasteiger partial charge in [0.25, 0.3) is 11.8 Å². The number of ether oxygens (including phenoxy) is 1. The first-order chi connectivity index (χ1) is 12.6. The number of aromatic nitrogens is 1. The van der Waals surface area contributed by atoms with Crippen molar-refractivity contribution < 1.29 is 14.3 Å². The Morgan fingerprint density at radius 1 is 1.27 bits per heavy atom. The van der Waals surface area contributed by atoms with E-state index in [0.29, 0.717) is 22.1 Å². The zero-order chi connectivity index (χ0) is 18.1. The number of nitrogens with zero attached hydrogens (tertiary/aromatic N) is 1. The number of aryl methyl sites for hydroxylation is 1. The lowest BCUT2D eigenvalue weighted by Crippen LogP contribution is -2.25. The van der Waals surface area contributed by atoms with Gasteiger partial charge in [-0.1, -0.05) is 17.7 Å². The van der Waals surface area contributed by atoms with Crippen LogP contribution in [0.25, 0.3) is 11.3 Å². The highest BCUT2D eigenvalue weighted by atomic mass is 32.1. The normalized spacial score (nSPS) is 12.7. The number of hydrogen-bond acceptors (Lipinski definition) is 5. The molecule has 0 fully saturated rings. The van der Waals surface area contributed by atoms with Crippen LogP contribution in [0.15, 0.2) is 47.8 Å². The van der Waals surface area contributed by atoms with Gasteiger partial charge in [0, 0.05) is 16.5 Å². The van der Waals surface area contributed by atoms with Gasteiger partial charge < -0.3 is 10.1 Å². The Morgan fingerprint density at radius 2 is 2.15 bits per heavy atom. The molecule has 1 aromatic heterocycles. The van der Waals surface area contributed by atoms with Gasteiger partial charge in [-0.15, -0.1) is 11.3 Å². The van der Waals surface area contributed by atoms with Crippen LogP contribution in [-0.2, 0) is 4.79 Å². The average molecular weight is 365 g/mol. The van der Waals surface area contributed by atoms with Gasteiger partial charge in [0.05, 0.1) is 11.4 Å². The summed E-state index contributed by atoms with van der Waals surface area (Å²) in [7, 11) is 0. The van der Waals surface area contributed by atoms with Crippen LogP contribution in [0.2, 0.25) is 0 Å². The molecule has 0 spiro atoms. The van der Waals surface area contributed by atoms with Gasteiger partial charge in [0.15, 0.2) is 11.7 Å². The van der Waals surface area contributed by atoms with E-state index in [4.69, 9.17) is 4.74 Å². The Morgan fingerprint density at radius 3 is 3.00 bits per heavy atom. The number of anilines is 2. The van der Waals surface area contributed by atoms with Gasteiger partial charge in [-0.3, -0.25) is 14.9 Å². The molecule has 2 N–H and O–H groups in total.